The third-order valence-electron chi connectivity index (χ3n) is 5.16. The molecule has 5 nitrogen and oxygen atoms in total. The topological polar surface area (TPSA) is 83.8 Å². The molecule has 1 aromatic carbocycles. The zero-order chi connectivity index (χ0) is 19.6. The van der Waals surface area contributed by atoms with Gasteiger partial charge in [-0.15, -0.1) is 11.8 Å². The Balaban J connectivity index is 2.17. The summed E-state index contributed by atoms with van der Waals surface area (Å²) in [5.41, 5.74) is 1.58. The first-order chi connectivity index (χ1) is 12.9. The smallest absolute Gasteiger partial charge is 0.170 e. The van der Waals surface area contributed by atoms with E-state index in [1.807, 2.05) is 12.3 Å². The van der Waals surface area contributed by atoms with Gasteiger partial charge in [0, 0.05) is 34.8 Å². The summed E-state index contributed by atoms with van der Waals surface area (Å²) in [5.74, 6) is 0.288. The van der Waals surface area contributed by atoms with Gasteiger partial charge in [-0.05, 0) is 50.1 Å². The molecule has 2 fully saturated rings. The Labute approximate surface area is 164 Å². The van der Waals surface area contributed by atoms with Crippen LogP contribution in [0.25, 0.3) is 5.76 Å². The molecule has 1 N–H and O–H groups in total. The second-order valence-electron chi connectivity index (χ2n) is 7.05. The molecule has 2 aliphatic rings. The van der Waals surface area contributed by atoms with Crippen LogP contribution in [-0.4, -0.2) is 38.6 Å². The number of hydrogen-bond acceptors (Lipinski definition) is 6. The molecule has 27 heavy (non-hydrogen) atoms. The van der Waals surface area contributed by atoms with Crippen molar-refractivity contribution in [2.24, 2.45) is 4.36 Å². The third kappa shape index (κ3) is 4.14. The molecular formula is C20H25NO4S2. The Kier molecular flexibility index (Phi) is 6.11. The van der Waals surface area contributed by atoms with Gasteiger partial charge in [0.05, 0.1) is 15.4 Å². The summed E-state index contributed by atoms with van der Waals surface area (Å²) in [6, 6.07) is 3.53. The Morgan fingerprint density at radius 2 is 1.70 bits per heavy atom. The van der Waals surface area contributed by atoms with Gasteiger partial charge >= 0.3 is 0 Å². The molecule has 0 spiro atoms. The molecule has 0 amide bonds. The number of aliphatic hydroxyl groups excluding tert-OH is 1. The van der Waals surface area contributed by atoms with Crippen molar-refractivity contribution in [2.45, 2.75) is 50.3 Å². The van der Waals surface area contributed by atoms with Gasteiger partial charge in [0.1, 0.15) is 11.3 Å². The molecule has 1 aliphatic carbocycles. The summed E-state index contributed by atoms with van der Waals surface area (Å²) in [7, 11) is -2.31. The van der Waals surface area contributed by atoms with Gasteiger partial charge in [-0.25, -0.2) is 4.21 Å². The van der Waals surface area contributed by atoms with Crippen LogP contribution < -0.4 is 0 Å². The molecule has 7 heteroatoms. The predicted octanol–water partition coefficient (Wildman–Crippen LogP) is 4.59. The van der Waals surface area contributed by atoms with Crippen LogP contribution in [0, 0.1) is 6.92 Å². The number of aliphatic hydroxyl groups is 1. The van der Waals surface area contributed by atoms with E-state index < -0.39 is 9.73 Å². The van der Waals surface area contributed by atoms with Crippen molar-refractivity contribution in [3.8, 4) is 0 Å². The number of hydrogen-bond donors (Lipinski definition) is 1. The summed E-state index contributed by atoms with van der Waals surface area (Å²) >= 11 is 1.50. The van der Waals surface area contributed by atoms with E-state index in [0.29, 0.717) is 34.7 Å². The average Bonchev–Trinajstić information content (AvgIpc) is 2.63. The maximum atomic E-state index is 13.1. The molecule has 146 valence electrons. The number of thioether (sulfide) groups is 1. The van der Waals surface area contributed by atoms with Crippen LogP contribution in [-0.2, 0) is 19.3 Å². The van der Waals surface area contributed by atoms with E-state index in [1.54, 1.807) is 13.0 Å². The number of Topliss-reactive ketones (excluding diaryl/α,β-unsaturated/α-hetero) is 2. The molecule has 1 aliphatic heterocycles. The van der Waals surface area contributed by atoms with Gasteiger partial charge in [0.15, 0.2) is 11.6 Å². The minimum Gasteiger partial charge on any atom is -0.506 e. The average molecular weight is 408 g/mol. The molecule has 0 atom stereocenters. The fourth-order valence-electron chi connectivity index (χ4n) is 3.62. The molecule has 3 rings (SSSR count). The zero-order valence-corrected chi connectivity index (χ0v) is 17.4. The van der Waals surface area contributed by atoms with Crippen LogP contribution in [0.15, 0.2) is 27.0 Å². The third-order valence-corrected chi connectivity index (χ3v) is 8.29. The molecule has 1 heterocycles. The van der Waals surface area contributed by atoms with E-state index in [9.17, 15) is 18.9 Å². The van der Waals surface area contributed by atoms with Gasteiger partial charge in [-0.2, -0.15) is 4.36 Å². The molecular weight excluding hydrogens is 382 g/mol. The summed E-state index contributed by atoms with van der Waals surface area (Å²) in [5, 5.41) is 10.7. The number of benzene rings is 1. The number of carbonyl (C=O) groups excluding carboxylic acids is 2. The van der Waals surface area contributed by atoms with E-state index >= 15 is 0 Å². The summed E-state index contributed by atoms with van der Waals surface area (Å²) in [6.45, 7) is 1.80. The minimum absolute atomic E-state index is 0.103. The van der Waals surface area contributed by atoms with E-state index in [1.165, 1.54) is 11.8 Å². The van der Waals surface area contributed by atoms with Crippen LogP contribution in [0.1, 0.15) is 49.7 Å². The van der Waals surface area contributed by atoms with Crippen LogP contribution in [0.2, 0.25) is 0 Å². The van der Waals surface area contributed by atoms with Gasteiger partial charge in [-0.1, -0.05) is 6.42 Å². The standard InChI is InChI=1S/C20H25NO4S2/c1-13-14(20(24)18-15(22)7-6-8-16(18)23)9-10-17(26-2)19(13)21-27(25)11-4-3-5-12-27/h9-10,24H,3-8,11-12H2,1-2H3. The van der Waals surface area contributed by atoms with Gasteiger partial charge in [0.25, 0.3) is 0 Å². The number of ketones is 2. The molecule has 0 aromatic heterocycles. The van der Waals surface area contributed by atoms with Crippen LogP contribution >= 0.6 is 11.8 Å². The minimum atomic E-state index is -2.31. The van der Waals surface area contributed by atoms with Gasteiger partial charge in [0.2, 0.25) is 0 Å². The van der Waals surface area contributed by atoms with Crippen molar-refractivity contribution < 1.29 is 18.9 Å². The summed E-state index contributed by atoms with van der Waals surface area (Å²) in [4.78, 5) is 25.3. The monoisotopic (exact) mass is 407 g/mol. The SMILES string of the molecule is CSc1ccc(C(O)=C2C(=O)CCCC2=O)c(C)c1N=S1(=O)CCCCC1. The molecule has 1 saturated heterocycles. The van der Waals surface area contributed by atoms with Crippen molar-refractivity contribution in [2.75, 3.05) is 17.8 Å². The van der Waals surface area contributed by atoms with E-state index in [2.05, 4.69) is 4.36 Å². The van der Waals surface area contributed by atoms with E-state index in [-0.39, 0.29) is 35.7 Å². The van der Waals surface area contributed by atoms with Crippen LogP contribution in [0.5, 0.6) is 0 Å². The predicted molar refractivity (Wildman–Crippen MR) is 110 cm³/mol. The van der Waals surface area contributed by atoms with Crippen molar-refractivity contribution in [3.05, 3.63) is 28.8 Å². The van der Waals surface area contributed by atoms with Crippen molar-refractivity contribution in [3.63, 3.8) is 0 Å². The lowest BCUT2D eigenvalue weighted by Crippen LogP contribution is -2.20. The lowest BCUT2D eigenvalue weighted by Gasteiger charge is -2.19. The lowest BCUT2D eigenvalue weighted by molar-refractivity contribution is -0.123. The van der Waals surface area contributed by atoms with Gasteiger partial charge in [-0.3, -0.25) is 9.59 Å². The van der Waals surface area contributed by atoms with E-state index in [0.717, 1.165) is 24.2 Å². The molecule has 0 bridgehead atoms. The van der Waals surface area contributed by atoms with Crippen LogP contribution in [0.3, 0.4) is 0 Å². The molecule has 1 saturated carbocycles. The highest BCUT2D eigenvalue weighted by molar-refractivity contribution is 7.98. The van der Waals surface area contributed by atoms with E-state index in [4.69, 9.17) is 0 Å². The van der Waals surface area contributed by atoms with Crippen molar-refractivity contribution in [1.29, 1.82) is 0 Å². The Bertz CT molecular complexity index is 910. The number of nitrogens with zero attached hydrogens (tertiary/aromatic N) is 1. The number of rotatable bonds is 3. The maximum Gasteiger partial charge on any atom is 0.170 e. The van der Waals surface area contributed by atoms with Crippen molar-refractivity contribution >= 4 is 44.5 Å². The highest BCUT2D eigenvalue weighted by atomic mass is 32.2. The first-order valence-electron chi connectivity index (χ1n) is 9.26. The van der Waals surface area contributed by atoms with Crippen LogP contribution in [0.4, 0.5) is 5.69 Å². The first-order valence-corrected chi connectivity index (χ1v) is 12.3. The van der Waals surface area contributed by atoms with Gasteiger partial charge < -0.3 is 5.11 Å². The fraction of sp³-hybridized carbons (Fsp3) is 0.500. The Morgan fingerprint density at radius 3 is 2.30 bits per heavy atom. The largest absolute Gasteiger partial charge is 0.506 e. The van der Waals surface area contributed by atoms with Crippen molar-refractivity contribution in [1.82, 2.24) is 0 Å². The molecule has 0 radical (unpaired) electrons. The lowest BCUT2D eigenvalue weighted by atomic mass is 9.89. The normalized spacial score (nSPS) is 19.9. The number of carbonyl (C=O) groups is 2. The summed E-state index contributed by atoms with van der Waals surface area (Å²) in [6.07, 6.45) is 5.91. The Morgan fingerprint density at radius 1 is 1.07 bits per heavy atom. The zero-order valence-electron chi connectivity index (χ0n) is 15.7. The summed E-state index contributed by atoms with van der Waals surface area (Å²) < 4.78 is 17.8. The second-order valence-corrected chi connectivity index (χ2v) is 10.4. The number of allylic oxidation sites excluding steroid dienone is 1. The second kappa shape index (κ2) is 8.19. The Hall–Kier alpha value is -1.60. The fourth-order valence-corrected chi connectivity index (χ4v) is 6.53. The highest BCUT2D eigenvalue weighted by Gasteiger charge is 2.29. The highest BCUT2D eigenvalue weighted by Crippen LogP contribution is 2.38. The first kappa shape index (κ1) is 20.1. The molecule has 1 aromatic rings. The maximum absolute atomic E-state index is 13.1. The quantitative estimate of drug-likeness (QED) is 0.343. The molecule has 0 unspecified atom stereocenters.